The van der Waals surface area contributed by atoms with Gasteiger partial charge in [-0.25, -0.2) is 0 Å². The summed E-state index contributed by atoms with van der Waals surface area (Å²) in [4.78, 5) is 12.2. The van der Waals surface area contributed by atoms with Crippen molar-refractivity contribution >= 4 is 50.9 Å². The predicted octanol–water partition coefficient (Wildman–Crippen LogP) is 5.02. The van der Waals surface area contributed by atoms with E-state index in [0.29, 0.717) is 28.3 Å². The Labute approximate surface area is 180 Å². The highest BCUT2D eigenvalue weighted by Crippen LogP contribution is 2.21. The number of nitrogens with zero attached hydrogens (tertiary/aromatic N) is 3. The molecule has 1 aromatic heterocycles. The molecule has 0 aliphatic rings. The molecule has 0 fully saturated rings. The number of benzene rings is 2. The normalized spacial score (nSPS) is 10.7. The minimum absolute atomic E-state index is 0.104. The zero-order valence-electron chi connectivity index (χ0n) is 15.1. The Kier molecular flexibility index (Phi) is 7.36. The minimum atomic E-state index is -0.104. The topological polar surface area (TPSA) is 69.0 Å². The van der Waals surface area contributed by atoms with Crippen LogP contribution in [0.1, 0.15) is 12.7 Å². The number of thioether (sulfide) groups is 1. The number of hydrogen-bond donors (Lipinski definition) is 1. The number of carbonyl (C=O) groups is 1. The number of amides is 1. The van der Waals surface area contributed by atoms with Crippen LogP contribution in [0.3, 0.4) is 0 Å². The maximum Gasteiger partial charge on any atom is 0.234 e. The van der Waals surface area contributed by atoms with Crippen molar-refractivity contribution in [1.29, 1.82) is 0 Å². The van der Waals surface area contributed by atoms with Crippen molar-refractivity contribution in [2.75, 3.05) is 11.1 Å². The second kappa shape index (κ2) is 9.95. The molecule has 0 unspecified atom stereocenters. The molecule has 0 atom stereocenters. The van der Waals surface area contributed by atoms with Gasteiger partial charge in [0, 0.05) is 21.7 Å². The van der Waals surface area contributed by atoms with Crippen LogP contribution in [0.15, 0.2) is 58.2 Å². The molecular weight excluding hydrogens is 464 g/mol. The van der Waals surface area contributed by atoms with Gasteiger partial charge in [0.25, 0.3) is 0 Å². The van der Waals surface area contributed by atoms with E-state index in [2.05, 4.69) is 31.4 Å². The van der Waals surface area contributed by atoms with Crippen LogP contribution in [0.25, 0.3) is 0 Å². The van der Waals surface area contributed by atoms with Crippen molar-refractivity contribution in [2.45, 2.75) is 25.2 Å². The highest BCUT2D eigenvalue weighted by Gasteiger charge is 2.14. The third-order valence-electron chi connectivity index (χ3n) is 3.73. The molecule has 0 aliphatic carbocycles. The lowest BCUT2D eigenvalue weighted by Gasteiger charge is -2.09. The molecule has 1 amide bonds. The Morgan fingerprint density at radius 2 is 2.04 bits per heavy atom. The van der Waals surface area contributed by atoms with Crippen molar-refractivity contribution in [1.82, 2.24) is 14.8 Å². The van der Waals surface area contributed by atoms with Gasteiger partial charge in [-0.1, -0.05) is 45.4 Å². The van der Waals surface area contributed by atoms with Crippen LogP contribution in [-0.2, 0) is 17.9 Å². The Hall–Kier alpha value is -2.03. The molecule has 0 saturated heterocycles. The summed E-state index contributed by atoms with van der Waals surface area (Å²) in [7, 11) is 0. The Balaban J connectivity index is 1.57. The number of nitrogens with one attached hydrogen (secondary N) is 1. The van der Waals surface area contributed by atoms with Gasteiger partial charge >= 0.3 is 0 Å². The van der Waals surface area contributed by atoms with Crippen LogP contribution in [0.2, 0.25) is 5.02 Å². The molecule has 0 radical (unpaired) electrons. The van der Waals surface area contributed by atoms with Crippen molar-refractivity contribution in [3.8, 4) is 5.75 Å². The summed E-state index contributed by atoms with van der Waals surface area (Å²) in [5.74, 6) is 1.54. The van der Waals surface area contributed by atoms with Gasteiger partial charge in [-0.15, -0.1) is 10.2 Å². The van der Waals surface area contributed by atoms with E-state index in [1.807, 2.05) is 35.8 Å². The van der Waals surface area contributed by atoms with Crippen LogP contribution in [0.5, 0.6) is 5.75 Å². The number of carbonyl (C=O) groups excluding carboxylic acids is 1. The largest absolute Gasteiger partial charge is 0.486 e. The minimum Gasteiger partial charge on any atom is -0.486 e. The van der Waals surface area contributed by atoms with E-state index in [9.17, 15) is 4.79 Å². The van der Waals surface area contributed by atoms with Gasteiger partial charge in [0.05, 0.1) is 5.75 Å². The molecule has 3 aromatic rings. The zero-order chi connectivity index (χ0) is 19.9. The Morgan fingerprint density at radius 1 is 1.25 bits per heavy atom. The van der Waals surface area contributed by atoms with Crippen LogP contribution >= 0.6 is 39.3 Å². The molecule has 28 heavy (non-hydrogen) atoms. The zero-order valence-corrected chi connectivity index (χ0v) is 18.2. The SMILES string of the molecule is CCn1c(COc2ccc(Cl)cc2)nnc1SCC(=O)Nc1cccc(Br)c1. The van der Waals surface area contributed by atoms with E-state index in [1.165, 1.54) is 11.8 Å². The number of halogens is 2. The molecule has 6 nitrogen and oxygen atoms in total. The van der Waals surface area contributed by atoms with Gasteiger partial charge in [-0.2, -0.15) is 0 Å². The quantitative estimate of drug-likeness (QED) is 0.457. The highest BCUT2D eigenvalue weighted by atomic mass is 79.9. The molecule has 9 heteroatoms. The van der Waals surface area contributed by atoms with Crippen molar-refractivity contribution in [2.24, 2.45) is 0 Å². The third-order valence-corrected chi connectivity index (χ3v) is 5.44. The molecule has 0 aliphatic heterocycles. The van der Waals surface area contributed by atoms with Gasteiger partial charge in [-0.3, -0.25) is 4.79 Å². The fourth-order valence-electron chi connectivity index (χ4n) is 2.42. The fourth-order valence-corrected chi connectivity index (χ4v) is 3.77. The lowest BCUT2D eigenvalue weighted by Crippen LogP contribution is -2.15. The Bertz CT molecular complexity index is 949. The molecule has 146 valence electrons. The summed E-state index contributed by atoms with van der Waals surface area (Å²) in [6.45, 7) is 2.97. The molecule has 1 heterocycles. The van der Waals surface area contributed by atoms with E-state index >= 15 is 0 Å². The number of ether oxygens (including phenoxy) is 1. The Morgan fingerprint density at radius 3 is 2.75 bits per heavy atom. The first-order chi connectivity index (χ1) is 13.5. The molecule has 0 bridgehead atoms. The molecular formula is C19H18BrClN4O2S. The smallest absolute Gasteiger partial charge is 0.234 e. The summed E-state index contributed by atoms with van der Waals surface area (Å²) < 4.78 is 8.59. The van der Waals surface area contributed by atoms with Gasteiger partial charge in [0.15, 0.2) is 11.0 Å². The number of aromatic nitrogens is 3. The van der Waals surface area contributed by atoms with Crippen LogP contribution in [0, 0.1) is 0 Å². The first-order valence-corrected chi connectivity index (χ1v) is 10.7. The molecule has 1 N–H and O–H groups in total. The van der Waals surface area contributed by atoms with Gasteiger partial charge < -0.3 is 14.6 Å². The number of anilines is 1. The standard InChI is InChI=1S/C19H18BrClN4O2S/c1-2-25-17(11-27-16-8-6-14(21)7-9-16)23-24-19(25)28-12-18(26)22-15-5-3-4-13(20)10-15/h3-10H,2,11-12H2,1H3,(H,22,26). The average molecular weight is 482 g/mol. The number of rotatable bonds is 8. The second-order valence-electron chi connectivity index (χ2n) is 5.73. The van der Waals surface area contributed by atoms with Crippen LogP contribution in [-0.4, -0.2) is 26.4 Å². The average Bonchev–Trinajstić information content (AvgIpc) is 3.08. The lowest BCUT2D eigenvalue weighted by atomic mass is 10.3. The summed E-state index contributed by atoms with van der Waals surface area (Å²) in [5, 5.41) is 12.6. The van der Waals surface area contributed by atoms with Crippen molar-refractivity contribution < 1.29 is 9.53 Å². The van der Waals surface area contributed by atoms with Crippen LogP contribution in [0.4, 0.5) is 5.69 Å². The first-order valence-electron chi connectivity index (χ1n) is 8.54. The van der Waals surface area contributed by atoms with Gasteiger partial charge in [0.2, 0.25) is 5.91 Å². The molecule has 3 rings (SSSR count). The predicted molar refractivity (Wildman–Crippen MR) is 115 cm³/mol. The van der Waals surface area contributed by atoms with Crippen LogP contribution < -0.4 is 10.1 Å². The monoisotopic (exact) mass is 480 g/mol. The second-order valence-corrected chi connectivity index (χ2v) is 8.03. The summed E-state index contributed by atoms with van der Waals surface area (Å²) in [6, 6.07) is 14.6. The molecule has 0 saturated carbocycles. The van der Waals surface area contributed by atoms with E-state index in [-0.39, 0.29) is 18.3 Å². The van der Waals surface area contributed by atoms with Crippen molar-refractivity contribution in [3.05, 3.63) is 63.9 Å². The maximum atomic E-state index is 12.2. The first kappa shape index (κ1) is 20.7. The van der Waals surface area contributed by atoms with Gasteiger partial charge in [-0.05, 0) is 49.4 Å². The van der Waals surface area contributed by atoms with Gasteiger partial charge in [0.1, 0.15) is 12.4 Å². The molecule has 0 spiro atoms. The van der Waals surface area contributed by atoms with E-state index in [1.54, 1.807) is 24.3 Å². The summed E-state index contributed by atoms with van der Waals surface area (Å²) in [5.41, 5.74) is 0.744. The van der Waals surface area contributed by atoms with Crippen molar-refractivity contribution in [3.63, 3.8) is 0 Å². The highest BCUT2D eigenvalue weighted by molar-refractivity contribution is 9.10. The number of hydrogen-bond acceptors (Lipinski definition) is 5. The molecule has 2 aromatic carbocycles. The third kappa shape index (κ3) is 5.73. The van der Waals surface area contributed by atoms with E-state index in [4.69, 9.17) is 16.3 Å². The maximum absolute atomic E-state index is 12.2. The lowest BCUT2D eigenvalue weighted by molar-refractivity contribution is -0.113. The van der Waals surface area contributed by atoms with E-state index < -0.39 is 0 Å². The summed E-state index contributed by atoms with van der Waals surface area (Å²) >= 11 is 10.6. The van der Waals surface area contributed by atoms with E-state index in [0.717, 1.165) is 10.2 Å². The fraction of sp³-hybridized carbons (Fsp3) is 0.211. The summed E-state index contributed by atoms with van der Waals surface area (Å²) in [6.07, 6.45) is 0.